The number of benzene rings is 1. The van der Waals surface area contributed by atoms with E-state index in [1.165, 1.54) is 11.3 Å². The Kier molecular flexibility index (Phi) is 2.43. The van der Waals surface area contributed by atoms with Crippen molar-refractivity contribution in [3.8, 4) is 22.2 Å². The Hall–Kier alpha value is -2.47. The largest absolute Gasteiger partial charge is 0.361 e. The Morgan fingerprint density at radius 3 is 3.05 bits per heavy atom. The molecule has 0 unspecified atom stereocenters. The number of aromatic amines is 1. The summed E-state index contributed by atoms with van der Waals surface area (Å²) in [5, 5.41) is 5.18. The molecule has 0 aliphatic carbocycles. The summed E-state index contributed by atoms with van der Waals surface area (Å²) in [4.78, 5) is 12.8. The van der Waals surface area contributed by atoms with Gasteiger partial charge >= 0.3 is 0 Å². The average Bonchev–Trinajstić information content (AvgIpc) is 3.17. The van der Waals surface area contributed by atoms with Crippen LogP contribution in [0.2, 0.25) is 0 Å². The van der Waals surface area contributed by atoms with Crippen molar-refractivity contribution < 1.29 is 4.52 Å². The molecule has 0 saturated heterocycles. The molecular weight excluding hydrogens is 272 g/mol. The van der Waals surface area contributed by atoms with Crippen molar-refractivity contribution in [2.75, 3.05) is 0 Å². The van der Waals surface area contributed by atoms with Crippen LogP contribution >= 0.6 is 11.3 Å². The molecule has 0 atom stereocenters. The summed E-state index contributed by atoms with van der Waals surface area (Å²) in [7, 11) is 0. The lowest BCUT2D eigenvalue weighted by molar-refractivity contribution is 0.433. The predicted octanol–water partition coefficient (Wildman–Crippen LogP) is 3.65. The minimum absolute atomic E-state index is 0.521. The number of hydrogen-bond donors (Lipinski definition) is 1. The first-order valence-electron chi connectivity index (χ1n) is 6.13. The molecule has 98 valence electrons. The molecule has 3 heterocycles. The molecule has 0 amide bonds. The molecule has 4 aromatic rings. The average molecular weight is 282 g/mol. The number of nitrogens with zero attached hydrogens (tertiary/aromatic N) is 3. The van der Waals surface area contributed by atoms with Gasteiger partial charge in [-0.15, -0.1) is 11.3 Å². The lowest BCUT2D eigenvalue weighted by Crippen LogP contribution is -1.82. The van der Waals surface area contributed by atoms with Gasteiger partial charge < -0.3 is 9.51 Å². The van der Waals surface area contributed by atoms with Gasteiger partial charge in [0.05, 0.1) is 11.2 Å². The number of hydrogen-bond acceptors (Lipinski definition) is 5. The summed E-state index contributed by atoms with van der Waals surface area (Å²) in [6.07, 6.45) is 1.91. The quantitative estimate of drug-likeness (QED) is 0.609. The molecule has 1 N–H and O–H groups in total. The van der Waals surface area contributed by atoms with E-state index >= 15 is 0 Å². The lowest BCUT2D eigenvalue weighted by Gasteiger charge is -1.96. The summed E-state index contributed by atoms with van der Waals surface area (Å²) in [5.74, 6) is 1.12. The Bertz CT molecular complexity index is 889. The van der Waals surface area contributed by atoms with E-state index in [1.807, 2.05) is 37.4 Å². The highest BCUT2D eigenvalue weighted by molar-refractivity contribution is 7.13. The van der Waals surface area contributed by atoms with Crippen molar-refractivity contribution in [3.05, 3.63) is 41.7 Å². The SMILES string of the molecule is Cc1ncsc1-c1nc(-c2cccc3[nH]ccc23)no1. The Labute approximate surface area is 118 Å². The van der Waals surface area contributed by atoms with Gasteiger partial charge in [-0.2, -0.15) is 4.98 Å². The van der Waals surface area contributed by atoms with Crippen molar-refractivity contribution >= 4 is 22.2 Å². The molecular formula is C14H10N4OS. The van der Waals surface area contributed by atoms with E-state index in [0.717, 1.165) is 27.0 Å². The summed E-state index contributed by atoms with van der Waals surface area (Å²) in [6.45, 7) is 1.93. The number of rotatable bonds is 2. The van der Waals surface area contributed by atoms with E-state index < -0.39 is 0 Å². The second kappa shape index (κ2) is 4.28. The standard InChI is InChI=1S/C14H10N4OS/c1-8-12(20-7-16-8)14-17-13(18-19-14)10-3-2-4-11-9(10)5-6-15-11/h2-7,15H,1H3. The van der Waals surface area contributed by atoms with Gasteiger partial charge in [-0.3, -0.25) is 0 Å². The van der Waals surface area contributed by atoms with Crippen LogP contribution < -0.4 is 0 Å². The zero-order valence-corrected chi connectivity index (χ0v) is 11.4. The van der Waals surface area contributed by atoms with Crippen molar-refractivity contribution in [2.45, 2.75) is 6.92 Å². The topological polar surface area (TPSA) is 67.6 Å². The van der Waals surface area contributed by atoms with E-state index in [1.54, 1.807) is 5.51 Å². The predicted molar refractivity (Wildman–Crippen MR) is 77.4 cm³/mol. The first-order chi connectivity index (χ1) is 9.83. The summed E-state index contributed by atoms with van der Waals surface area (Å²) in [6, 6.07) is 8.00. The van der Waals surface area contributed by atoms with E-state index in [-0.39, 0.29) is 0 Å². The third kappa shape index (κ3) is 1.65. The second-order valence-corrected chi connectivity index (χ2v) is 5.29. The van der Waals surface area contributed by atoms with Crippen molar-refractivity contribution in [2.24, 2.45) is 0 Å². The normalized spacial score (nSPS) is 11.2. The monoisotopic (exact) mass is 282 g/mol. The van der Waals surface area contributed by atoms with Gasteiger partial charge in [0.2, 0.25) is 5.82 Å². The van der Waals surface area contributed by atoms with Gasteiger partial charge in [0.1, 0.15) is 4.88 Å². The highest BCUT2D eigenvalue weighted by atomic mass is 32.1. The molecule has 0 fully saturated rings. The molecule has 4 rings (SSSR count). The lowest BCUT2D eigenvalue weighted by atomic mass is 10.1. The fourth-order valence-electron chi connectivity index (χ4n) is 2.21. The van der Waals surface area contributed by atoms with Crippen LogP contribution in [0.25, 0.3) is 33.1 Å². The molecule has 0 spiro atoms. The number of H-pyrrole nitrogens is 1. The highest BCUT2D eigenvalue weighted by Gasteiger charge is 2.16. The molecule has 0 saturated carbocycles. The van der Waals surface area contributed by atoms with Crippen LogP contribution in [-0.4, -0.2) is 20.1 Å². The molecule has 3 aromatic heterocycles. The third-order valence-electron chi connectivity index (χ3n) is 3.20. The van der Waals surface area contributed by atoms with Crippen LogP contribution in [0.15, 0.2) is 40.5 Å². The fraction of sp³-hybridized carbons (Fsp3) is 0.0714. The molecule has 6 heteroatoms. The van der Waals surface area contributed by atoms with Crippen molar-refractivity contribution in [3.63, 3.8) is 0 Å². The Balaban J connectivity index is 1.86. The van der Waals surface area contributed by atoms with E-state index in [0.29, 0.717) is 11.7 Å². The van der Waals surface area contributed by atoms with Gasteiger partial charge in [0, 0.05) is 22.7 Å². The maximum Gasteiger partial charge on any atom is 0.270 e. The minimum Gasteiger partial charge on any atom is -0.361 e. The zero-order chi connectivity index (χ0) is 13.5. The molecule has 0 aliphatic rings. The second-order valence-electron chi connectivity index (χ2n) is 4.43. The van der Waals surface area contributed by atoms with Gasteiger partial charge in [-0.05, 0) is 19.1 Å². The molecule has 5 nitrogen and oxygen atoms in total. The van der Waals surface area contributed by atoms with Crippen molar-refractivity contribution in [1.29, 1.82) is 0 Å². The molecule has 0 radical (unpaired) electrons. The summed E-state index contributed by atoms with van der Waals surface area (Å²) < 4.78 is 5.37. The first-order valence-corrected chi connectivity index (χ1v) is 7.01. The molecule has 0 aliphatic heterocycles. The van der Waals surface area contributed by atoms with Crippen LogP contribution in [0.1, 0.15) is 5.69 Å². The number of thiazole rings is 1. The molecule has 20 heavy (non-hydrogen) atoms. The Morgan fingerprint density at radius 2 is 2.20 bits per heavy atom. The van der Waals surface area contributed by atoms with Gasteiger partial charge in [0.25, 0.3) is 5.89 Å². The van der Waals surface area contributed by atoms with Gasteiger partial charge in [-0.25, -0.2) is 4.98 Å². The van der Waals surface area contributed by atoms with Gasteiger partial charge in [0.15, 0.2) is 0 Å². The maximum atomic E-state index is 5.37. The van der Waals surface area contributed by atoms with Crippen LogP contribution in [0.5, 0.6) is 0 Å². The first kappa shape index (κ1) is 11.4. The number of nitrogens with one attached hydrogen (secondary N) is 1. The van der Waals surface area contributed by atoms with Crippen LogP contribution in [0.4, 0.5) is 0 Å². The van der Waals surface area contributed by atoms with Crippen molar-refractivity contribution in [1.82, 2.24) is 20.1 Å². The van der Waals surface area contributed by atoms with Crippen LogP contribution in [0, 0.1) is 6.92 Å². The Morgan fingerprint density at radius 1 is 1.25 bits per heavy atom. The number of aryl methyl sites for hydroxylation is 1. The smallest absolute Gasteiger partial charge is 0.270 e. The van der Waals surface area contributed by atoms with Crippen LogP contribution in [0.3, 0.4) is 0 Å². The third-order valence-corrected chi connectivity index (χ3v) is 4.12. The number of aromatic nitrogens is 4. The van der Waals surface area contributed by atoms with E-state index in [2.05, 4.69) is 20.1 Å². The maximum absolute atomic E-state index is 5.37. The van der Waals surface area contributed by atoms with Gasteiger partial charge in [-0.1, -0.05) is 17.3 Å². The summed E-state index contributed by atoms with van der Waals surface area (Å²) >= 11 is 1.50. The van der Waals surface area contributed by atoms with Crippen LogP contribution in [-0.2, 0) is 0 Å². The number of fused-ring (bicyclic) bond motifs is 1. The summed E-state index contributed by atoms with van der Waals surface area (Å²) in [5.41, 5.74) is 4.70. The molecule has 1 aromatic carbocycles. The van der Waals surface area contributed by atoms with E-state index in [9.17, 15) is 0 Å². The fourth-order valence-corrected chi connectivity index (χ4v) is 2.94. The van der Waals surface area contributed by atoms with E-state index in [4.69, 9.17) is 4.52 Å². The molecule has 0 bridgehead atoms. The highest BCUT2D eigenvalue weighted by Crippen LogP contribution is 2.30. The minimum atomic E-state index is 0.521. The zero-order valence-electron chi connectivity index (χ0n) is 10.6.